The third kappa shape index (κ3) is 5.95. The van der Waals surface area contributed by atoms with Gasteiger partial charge in [0.2, 0.25) is 0 Å². The van der Waals surface area contributed by atoms with Gasteiger partial charge in [-0.25, -0.2) is 4.98 Å². The molecule has 8 heteroatoms. The quantitative estimate of drug-likeness (QED) is 0.568. The van der Waals surface area contributed by atoms with Crippen LogP contribution in [0.5, 0.6) is 6.01 Å². The van der Waals surface area contributed by atoms with Gasteiger partial charge in [0.25, 0.3) is 5.91 Å². The number of carbonyl (C=O) groups excluding carboxylic acids is 1. The number of methoxy groups -OCH3 is 1. The molecular weight excluding hydrogens is 440 g/mol. The second kappa shape index (κ2) is 10.7. The number of aliphatic hydroxyl groups is 1. The van der Waals surface area contributed by atoms with Crippen LogP contribution in [0.1, 0.15) is 68.1 Å². The predicted octanol–water partition coefficient (Wildman–Crippen LogP) is 4.89. The number of hydrogen-bond acceptors (Lipinski definition) is 6. The van der Waals surface area contributed by atoms with E-state index < -0.39 is 5.60 Å². The van der Waals surface area contributed by atoms with E-state index in [1.54, 1.807) is 19.4 Å². The Hall–Kier alpha value is -2.38. The van der Waals surface area contributed by atoms with Gasteiger partial charge in [0, 0.05) is 25.0 Å². The zero-order valence-electron chi connectivity index (χ0n) is 19.2. The van der Waals surface area contributed by atoms with E-state index in [1.165, 1.54) is 25.7 Å². The van der Waals surface area contributed by atoms with E-state index in [2.05, 4.69) is 20.2 Å². The summed E-state index contributed by atoms with van der Waals surface area (Å²) in [6, 6.07) is 7.63. The molecule has 2 fully saturated rings. The number of carbonyl (C=O) groups is 1. The Labute approximate surface area is 200 Å². The maximum Gasteiger partial charge on any atom is 0.318 e. The smallest absolute Gasteiger partial charge is 0.318 e. The molecule has 0 atom stereocenters. The average Bonchev–Trinajstić information content (AvgIpc) is 3.35. The van der Waals surface area contributed by atoms with Crippen molar-refractivity contribution in [3.05, 3.63) is 41.0 Å². The summed E-state index contributed by atoms with van der Waals surface area (Å²) in [5.74, 6) is 1.00. The molecule has 0 saturated heterocycles. The van der Waals surface area contributed by atoms with Crippen molar-refractivity contribution in [1.82, 2.24) is 15.3 Å². The number of ether oxygens (including phenoxy) is 1. The first-order chi connectivity index (χ1) is 16.0. The van der Waals surface area contributed by atoms with Gasteiger partial charge in [0.15, 0.2) is 0 Å². The number of aromatic nitrogens is 2. The Morgan fingerprint density at radius 1 is 1.21 bits per heavy atom. The number of anilines is 2. The SMILES string of the molecule is COc1nccc(N(CC2CCCC2)c2ccc(Cl)c(C(=O)NCC3(O)CCCCC3)c2)n1. The summed E-state index contributed by atoms with van der Waals surface area (Å²) >= 11 is 6.43. The van der Waals surface area contributed by atoms with Crippen LogP contribution in [-0.4, -0.2) is 46.8 Å². The topological polar surface area (TPSA) is 87.6 Å². The normalized spacial score (nSPS) is 18.2. The Kier molecular flexibility index (Phi) is 7.71. The summed E-state index contributed by atoms with van der Waals surface area (Å²) in [6.45, 7) is 1.03. The molecule has 2 N–H and O–H groups in total. The molecule has 1 aromatic heterocycles. The molecule has 0 bridgehead atoms. The molecule has 0 unspecified atom stereocenters. The molecule has 2 saturated carbocycles. The van der Waals surface area contributed by atoms with Gasteiger partial charge in [-0.3, -0.25) is 4.79 Å². The second-order valence-electron chi connectivity index (χ2n) is 9.29. The number of benzene rings is 1. The summed E-state index contributed by atoms with van der Waals surface area (Å²) in [4.78, 5) is 23.8. The van der Waals surface area contributed by atoms with Gasteiger partial charge in [-0.2, -0.15) is 4.98 Å². The van der Waals surface area contributed by atoms with E-state index in [4.69, 9.17) is 16.3 Å². The van der Waals surface area contributed by atoms with Gasteiger partial charge in [-0.15, -0.1) is 0 Å². The first-order valence-electron chi connectivity index (χ1n) is 11.9. The number of rotatable bonds is 8. The van der Waals surface area contributed by atoms with Gasteiger partial charge in [0.05, 0.1) is 23.3 Å². The Balaban J connectivity index is 1.58. The first-order valence-corrected chi connectivity index (χ1v) is 12.3. The van der Waals surface area contributed by atoms with E-state index in [-0.39, 0.29) is 12.5 Å². The molecule has 2 aromatic rings. The number of halogens is 1. The van der Waals surface area contributed by atoms with Crippen molar-refractivity contribution in [3.63, 3.8) is 0 Å². The summed E-state index contributed by atoms with van der Waals surface area (Å²) in [6.07, 6.45) is 11.0. The van der Waals surface area contributed by atoms with Crippen LogP contribution < -0.4 is 15.0 Å². The molecule has 4 rings (SSSR count). The van der Waals surface area contributed by atoms with Crippen LogP contribution in [0.2, 0.25) is 5.02 Å². The van der Waals surface area contributed by atoms with Crippen molar-refractivity contribution >= 4 is 29.0 Å². The van der Waals surface area contributed by atoms with E-state index in [9.17, 15) is 9.90 Å². The Morgan fingerprint density at radius 3 is 2.70 bits per heavy atom. The summed E-state index contributed by atoms with van der Waals surface area (Å²) < 4.78 is 5.23. The van der Waals surface area contributed by atoms with Crippen molar-refractivity contribution in [3.8, 4) is 6.01 Å². The van der Waals surface area contributed by atoms with Gasteiger partial charge < -0.3 is 20.1 Å². The molecule has 0 aliphatic heterocycles. The van der Waals surface area contributed by atoms with Crippen molar-refractivity contribution in [1.29, 1.82) is 0 Å². The van der Waals surface area contributed by atoms with Crippen molar-refractivity contribution in [2.75, 3.05) is 25.1 Å². The number of amides is 1. The zero-order valence-corrected chi connectivity index (χ0v) is 20.0. The van der Waals surface area contributed by atoms with Gasteiger partial charge >= 0.3 is 6.01 Å². The summed E-state index contributed by atoms with van der Waals surface area (Å²) in [7, 11) is 1.55. The minimum Gasteiger partial charge on any atom is -0.467 e. The van der Waals surface area contributed by atoms with Crippen LogP contribution in [0, 0.1) is 5.92 Å². The maximum atomic E-state index is 13.0. The molecule has 33 heavy (non-hydrogen) atoms. The Morgan fingerprint density at radius 2 is 1.97 bits per heavy atom. The Bertz CT molecular complexity index is 958. The predicted molar refractivity (Wildman–Crippen MR) is 129 cm³/mol. The van der Waals surface area contributed by atoms with E-state index in [0.717, 1.165) is 37.3 Å². The molecular formula is C25H33ClN4O3. The van der Waals surface area contributed by atoms with Gasteiger partial charge in [-0.05, 0) is 55.9 Å². The van der Waals surface area contributed by atoms with Crippen LogP contribution in [0.4, 0.5) is 11.5 Å². The lowest BCUT2D eigenvalue weighted by Crippen LogP contribution is -2.44. The minimum absolute atomic E-state index is 0.237. The van der Waals surface area contributed by atoms with Crippen LogP contribution in [0.25, 0.3) is 0 Å². The van der Waals surface area contributed by atoms with Crippen molar-refractivity contribution < 1.29 is 14.6 Å². The lowest BCUT2D eigenvalue weighted by Gasteiger charge is -2.32. The van der Waals surface area contributed by atoms with Gasteiger partial charge in [0.1, 0.15) is 5.82 Å². The molecule has 0 radical (unpaired) electrons. The average molecular weight is 473 g/mol. The molecule has 1 amide bonds. The highest BCUT2D eigenvalue weighted by molar-refractivity contribution is 6.34. The molecule has 1 heterocycles. The maximum absolute atomic E-state index is 13.0. The van der Waals surface area contributed by atoms with Crippen LogP contribution in [-0.2, 0) is 0 Å². The fraction of sp³-hybridized carbons (Fsp3) is 0.560. The standard InChI is InChI=1S/C25H33ClN4O3/c1-33-24-27-14-11-22(29-24)30(16-18-7-3-4-8-18)19-9-10-21(26)20(15-19)23(31)28-17-25(32)12-5-2-6-13-25/h9-11,14-15,18,32H,2-8,12-13,16-17H2,1H3,(H,28,31). The second-order valence-corrected chi connectivity index (χ2v) is 9.70. The van der Waals surface area contributed by atoms with E-state index >= 15 is 0 Å². The molecule has 2 aliphatic carbocycles. The lowest BCUT2D eigenvalue weighted by molar-refractivity contribution is 0.00526. The van der Waals surface area contributed by atoms with E-state index in [1.807, 2.05) is 18.2 Å². The zero-order chi connectivity index (χ0) is 23.3. The highest BCUT2D eigenvalue weighted by Crippen LogP contribution is 2.34. The monoisotopic (exact) mass is 472 g/mol. The number of nitrogens with zero attached hydrogens (tertiary/aromatic N) is 3. The largest absolute Gasteiger partial charge is 0.467 e. The summed E-state index contributed by atoms with van der Waals surface area (Å²) in [5, 5.41) is 14.0. The molecule has 178 valence electrons. The van der Waals surface area contributed by atoms with Crippen molar-refractivity contribution in [2.24, 2.45) is 5.92 Å². The summed E-state index contributed by atoms with van der Waals surface area (Å²) in [5.41, 5.74) is 0.406. The third-order valence-electron chi connectivity index (χ3n) is 6.86. The fourth-order valence-electron chi connectivity index (χ4n) is 4.94. The molecule has 7 nitrogen and oxygen atoms in total. The molecule has 0 spiro atoms. The molecule has 2 aliphatic rings. The van der Waals surface area contributed by atoms with Crippen LogP contribution in [0.15, 0.2) is 30.5 Å². The molecule has 1 aromatic carbocycles. The minimum atomic E-state index is -0.829. The van der Waals surface area contributed by atoms with E-state index in [0.29, 0.717) is 35.4 Å². The highest BCUT2D eigenvalue weighted by Gasteiger charge is 2.30. The van der Waals surface area contributed by atoms with Crippen LogP contribution in [0.3, 0.4) is 0 Å². The highest BCUT2D eigenvalue weighted by atomic mass is 35.5. The number of hydrogen-bond donors (Lipinski definition) is 2. The lowest BCUT2D eigenvalue weighted by atomic mass is 9.85. The van der Waals surface area contributed by atoms with Gasteiger partial charge in [-0.1, -0.05) is 43.7 Å². The number of nitrogens with one attached hydrogen (secondary N) is 1. The first kappa shape index (κ1) is 23.8. The van der Waals surface area contributed by atoms with Crippen molar-refractivity contribution in [2.45, 2.75) is 63.4 Å². The fourth-order valence-corrected chi connectivity index (χ4v) is 5.15. The third-order valence-corrected chi connectivity index (χ3v) is 7.19. The van der Waals surface area contributed by atoms with Crippen LogP contribution >= 0.6 is 11.6 Å².